The third-order valence-corrected chi connectivity index (χ3v) is 2.89. The highest BCUT2D eigenvalue weighted by Gasteiger charge is 1.98. The summed E-state index contributed by atoms with van der Waals surface area (Å²) in [6.07, 6.45) is 1.16. The van der Waals surface area contributed by atoms with Crippen molar-refractivity contribution in [2.45, 2.75) is 6.42 Å². The number of anilines is 1. The normalized spacial score (nSPS) is 11.0. The minimum absolute atomic E-state index is 1.02. The maximum atomic E-state index is 3.52. The van der Waals surface area contributed by atoms with Crippen LogP contribution in [0.3, 0.4) is 0 Å². The van der Waals surface area contributed by atoms with Crippen molar-refractivity contribution in [2.24, 2.45) is 0 Å². The SMILES string of the molecule is CN(C)CCCNc1cccc2ccccc12. The van der Waals surface area contributed by atoms with Crippen molar-refractivity contribution in [3.63, 3.8) is 0 Å². The summed E-state index contributed by atoms with van der Waals surface area (Å²) in [4.78, 5) is 2.21. The molecule has 0 saturated heterocycles. The smallest absolute Gasteiger partial charge is 0.0419 e. The molecule has 0 fully saturated rings. The first-order valence-corrected chi connectivity index (χ1v) is 6.14. The van der Waals surface area contributed by atoms with Crippen LogP contribution in [0.25, 0.3) is 10.8 Å². The Bertz CT molecular complexity index is 472. The fraction of sp³-hybridized carbons (Fsp3) is 0.333. The van der Waals surface area contributed by atoms with Crippen LogP contribution in [0.1, 0.15) is 6.42 Å². The highest BCUT2D eigenvalue weighted by Crippen LogP contribution is 2.22. The van der Waals surface area contributed by atoms with Crippen molar-refractivity contribution in [3.05, 3.63) is 42.5 Å². The molecule has 2 aromatic carbocycles. The van der Waals surface area contributed by atoms with Crippen molar-refractivity contribution < 1.29 is 0 Å². The van der Waals surface area contributed by atoms with E-state index in [1.807, 2.05) is 0 Å². The van der Waals surface area contributed by atoms with E-state index in [2.05, 4.69) is 66.8 Å². The Morgan fingerprint density at radius 1 is 1.00 bits per heavy atom. The Hall–Kier alpha value is -1.54. The molecule has 1 N–H and O–H groups in total. The van der Waals surface area contributed by atoms with Crippen LogP contribution in [0, 0.1) is 0 Å². The maximum Gasteiger partial charge on any atom is 0.0419 e. The Balaban J connectivity index is 2.03. The van der Waals surface area contributed by atoms with Crippen LogP contribution in [0.5, 0.6) is 0 Å². The molecule has 0 aliphatic rings. The predicted molar refractivity (Wildman–Crippen MR) is 75.6 cm³/mol. The summed E-state index contributed by atoms with van der Waals surface area (Å²) in [6.45, 7) is 2.14. The number of hydrogen-bond acceptors (Lipinski definition) is 2. The average molecular weight is 228 g/mol. The molecule has 0 aromatic heterocycles. The topological polar surface area (TPSA) is 15.3 Å². The molecule has 2 aromatic rings. The van der Waals surface area contributed by atoms with Crippen LogP contribution in [0.15, 0.2) is 42.5 Å². The molecule has 2 rings (SSSR count). The molecule has 0 spiro atoms. The number of nitrogens with zero attached hydrogens (tertiary/aromatic N) is 1. The van der Waals surface area contributed by atoms with Gasteiger partial charge in [-0.25, -0.2) is 0 Å². The first-order valence-electron chi connectivity index (χ1n) is 6.14. The zero-order chi connectivity index (χ0) is 12.1. The third kappa shape index (κ3) is 3.21. The Kier molecular flexibility index (Phi) is 3.99. The van der Waals surface area contributed by atoms with Crippen LogP contribution < -0.4 is 5.32 Å². The molecule has 0 amide bonds. The molecular formula is C15H20N2. The average Bonchev–Trinajstić information content (AvgIpc) is 2.34. The molecule has 2 nitrogen and oxygen atoms in total. The van der Waals surface area contributed by atoms with E-state index >= 15 is 0 Å². The lowest BCUT2D eigenvalue weighted by atomic mass is 10.1. The molecule has 0 aliphatic heterocycles. The molecule has 0 bridgehead atoms. The van der Waals surface area contributed by atoms with E-state index in [-0.39, 0.29) is 0 Å². The van der Waals surface area contributed by atoms with Gasteiger partial charge >= 0.3 is 0 Å². The standard InChI is InChI=1S/C15H20N2/c1-17(2)12-6-11-16-15-10-5-8-13-7-3-4-9-14(13)15/h3-5,7-10,16H,6,11-12H2,1-2H3. The second kappa shape index (κ2) is 5.69. The summed E-state index contributed by atoms with van der Waals surface area (Å²) in [5.41, 5.74) is 1.24. The second-order valence-electron chi connectivity index (χ2n) is 4.61. The summed E-state index contributed by atoms with van der Waals surface area (Å²) in [7, 11) is 4.22. The molecule has 2 heteroatoms. The van der Waals surface area contributed by atoms with E-state index in [1.165, 1.54) is 16.5 Å². The molecule has 0 atom stereocenters. The molecule has 0 radical (unpaired) electrons. The highest BCUT2D eigenvalue weighted by molar-refractivity contribution is 5.93. The van der Waals surface area contributed by atoms with E-state index in [4.69, 9.17) is 0 Å². The van der Waals surface area contributed by atoms with Gasteiger partial charge < -0.3 is 10.2 Å². The Morgan fingerprint density at radius 3 is 2.59 bits per heavy atom. The van der Waals surface area contributed by atoms with Gasteiger partial charge in [0, 0.05) is 17.6 Å². The summed E-state index contributed by atoms with van der Waals surface area (Å²) in [5, 5.41) is 6.12. The predicted octanol–water partition coefficient (Wildman–Crippen LogP) is 3.20. The van der Waals surface area contributed by atoms with Gasteiger partial charge in [0.15, 0.2) is 0 Å². The van der Waals surface area contributed by atoms with Gasteiger partial charge in [0.1, 0.15) is 0 Å². The van der Waals surface area contributed by atoms with Gasteiger partial charge in [-0.05, 0) is 38.5 Å². The van der Waals surface area contributed by atoms with Gasteiger partial charge in [-0.15, -0.1) is 0 Å². The van der Waals surface area contributed by atoms with E-state index in [0.29, 0.717) is 0 Å². The first kappa shape index (κ1) is 11.9. The first-order chi connectivity index (χ1) is 8.27. The molecule has 0 heterocycles. The molecule has 90 valence electrons. The monoisotopic (exact) mass is 228 g/mol. The van der Waals surface area contributed by atoms with E-state index in [0.717, 1.165) is 19.5 Å². The van der Waals surface area contributed by atoms with E-state index < -0.39 is 0 Å². The van der Waals surface area contributed by atoms with Crippen LogP contribution in [0.2, 0.25) is 0 Å². The second-order valence-corrected chi connectivity index (χ2v) is 4.61. The zero-order valence-corrected chi connectivity index (χ0v) is 10.6. The summed E-state index contributed by atoms with van der Waals surface area (Å²) < 4.78 is 0. The zero-order valence-electron chi connectivity index (χ0n) is 10.6. The van der Waals surface area contributed by atoms with Crippen LogP contribution in [-0.4, -0.2) is 32.1 Å². The van der Waals surface area contributed by atoms with Gasteiger partial charge in [0.05, 0.1) is 0 Å². The largest absolute Gasteiger partial charge is 0.384 e. The van der Waals surface area contributed by atoms with Crippen molar-refractivity contribution in [1.82, 2.24) is 4.90 Å². The number of nitrogens with one attached hydrogen (secondary N) is 1. The van der Waals surface area contributed by atoms with Gasteiger partial charge in [0.2, 0.25) is 0 Å². The van der Waals surface area contributed by atoms with Crippen LogP contribution in [0.4, 0.5) is 5.69 Å². The lowest BCUT2D eigenvalue weighted by Crippen LogP contribution is -2.16. The Labute approximate surface area is 103 Å². The van der Waals surface area contributed by atoms with Crippen molar-refractivity contribution in [2.75, 3.05) is 32.5 Å². The quantitative estimate of drug-likeness (QED) is 0.791. The minimum Gasteiger partial charge on any atom is -0.384 e. The maximum absolute atomic E-state index is 3.52. The third-order valence-electron chi connectivity index (χ3n) is 2.89. The summed E-state index contributed by atoms with van der Waals surface area (Å²) in [5.74, 6) is 0. The van der Waals surface area contributed by atoms with Crippen molar-refractivity contribution in [1.29, 1.82) is 0 Å². The summed E-state index contributed by atoms with van der Waals surface area (Å²) >= 11 is 0. The number of fused-ring (bicyclic) bond motifs is 1. The number of rotatable bonds is 5. The van der Waals surface area contributed by atoms with Crippen LogP contribution >= 0.6 is 0 Å². The fourth-order valence-corrected chi connectivity index (χ4v) is 2.00. The summed E-state index contributed by atoms with van der Waals surface area (Å²) in [6, 6.07) is 14.9. The molecular weight excluding hydrogens is 208 g/mol. The van der Waals surface area contributed by atoms with Gasteiger partial charge in [-0.3, -0.25) is 0 Å². The lowest BCUT2D eigenvalue weighted by molar-refractivity contribution is 0.405. The molecule has 0 aliphatic carbocycles. The van der Waals surface area contributed by atoms with Crippen molar-refractivity contribution in [3.8, 4) is 0 Å². The Morgan fingerprint density at radius 2 is 1.76 bits per heavy atom. The van der Waals surface area contributed by atoms with Gasteiger partial charge in [-0.2, -0.15) is 0 Å². The number of benzene rings is 2. The van der Waals surface area contributed by atoms with E-state index in [1.54, 1.807) is 0 Å². The van der Waals surface area contributed by atoms with Gasteiger partial charge in [0.25, 0.3) is 0 Å². The molecule has 0 saturated carbocycles. The van der Waals surface area contributed by atoms with Gasteiger partial charge in [-0.1, -0.05) is 36.4 Å². The molecule has 0 unspecified atom stereocenters. The van der Waals surface area contributed by atoms with Crippen LogP contribution in [-0.2, 0) is 0 Å². The highest BCUT2D eigenvalue weighted by atomic mass is 15.1. The fourth-order valence-electron chi connectivity index (χ4n) is 2.00. The minimum atomic E-state index is 1.02. The molecule has 17 heavy (non-hydrogen) atoms. The van der Waals surface area contributed by atoms with Crippen molar-refractivity contribution >= 4 is 16.5 Å². The number of hydrogen-bond donors (Lipinski definition) is 1. The lowest BCUT2D eigenvalue weighted by Gasteiger charge is -2.12. The van der Waals surface area contributed by atoms with E-state index in [9.17, 15) is 0 Å².